The van der Waals surface area contributed by atoms with Gasteiger partial charge in [0.2, 0.25) is 5.91 Å². The molecule has 0 radical (unpaired) electrons. The first kappa shape index (κ1) is 14.3. The molecule has 0 spiro atoms. The van der Waals surface area contributed by atoms with Crippen LogP contribution < -0.4 is 21.3 Å². The number of amides is 2. The fourth-order valence-electron chi connectivity index (χ4n) is 2.12. The fraction of sp³-hybridized carbons (Fsp3) is 0.429. The van der Waals surface area contributed by atoms with Gasteiger partial charge in [-0.15, -0.1) is 0 Å². The van der Waals surface area contributed by atoms with Crippen molar-refractivity contribution in [2.24, 2.45) is 5.73 Å². The zero-order valence-corrected chi connectivity index (χ0v) is 11.6. The molecular formula is C14H20N4O2. The van der Waals surface area contributed by atoms with E-state index in [1.165, 1.54) is 0 Å². The summed E-state index contributed by atoms with van der Waals surface area (Å²) >= 11 is 0. The van der Waals surface area contributed by atoms with Crippen molar-refractivity contribution >= 4 is 23.2 Å². The lowest BCUT2D eigenvalue weighted by Crippen LogP contribution is -2.26. The van der Waals surface area contributed by atoms with E-state index in [2.05, 4.69) is 10.6 Å². The molecule has 4 N–H and O–H groups in total. The van der Waals surface area contributed by atoms with Crippen molar-refractivity contribution in [3.63, 3.8) is 0 Å². The second kappa shape index (κ2) is 6.38. The molecule has 0 fully saturated rings. The van der Waals surface area contributed by atoms with E-state index in [4.69, 9.17) is 5.73 Å². The molecule has 6 nitrogen and oxygen atoms in total. The summed E-state index contributed by atoms with van der Waals surface area (Å²) in [4.78, 5) is 25.6. The number of carbonyl (C=O) groups is 2. The number of rotatable bonds is 4. The van der Waals surface area contributed by atoms with Crippen molar-refractivity contribution in [1.82, 2.24) is 5.32 Å². The molecule has 1 heterocycles. The highest BCUT2D eigenvalue weighted by molar-refractivity contribution is 6.00. The summed E-state index contributed by atoms with van der Waals surface area (Å²) < 4.78 is 0. The number of fused-ring (bicyclic) bond motifs is 1. The highest BCUT2D eigenvalue weighted by Crippen LogP contribution is 2.28. The van der Waals surface area contributed by atoms with Crippen LogP contribution >= 0.6 is 0 Å². The van der Waals surface area contributed by atoms with Gasteiger partial charge in [0.1, 0.15) is 0 Å². The lowest BCUT2D eigenvalue weighted by Gasteiger charge is -2.18. The molecule has 1 aromatic carbocycles. The Hall–Kier alpha value is -2.08. The summed E-state index contributed by atoms with van der Waals surface area (Å²) in [6.45, 7) is 1.77. The summed E-state index contributed by atoms with van der Waals surface area (Å²) in [5, 5.41) is 5.63. The zero-order valence-electron chi connectivity index (χ0n) is 11.6. The molecule has 1 aliphatic heterocycles. The number of nitrogens with one attached hydrogen (secondary N) is 2. The second-order valence-electron chi connectivity index (χ2n) is 4.85. The minimum atomic E-state index is -0.151. The second-order valence-corrected chi connectivity index (χ2v) is 4.85. The van der Waals surface area contributed by atoms with Gasteiger partial charge in [-0.1, -0.05) is 0 Å². The number of benzene rings is 1. The number of hydrogen-bond donors (Lipinski definition) is 3. The van der Waals surface area contributed by atoms with Crippen LogP contribution in [0.5, 0.6) is 0 Å². The van der Waals surface area contributed by atoms with Gasteiger partial charge in [-0.25, -0.2) is 0 Å². The van der Waals surface area contributed by atoms with Gasteiger partial charge in [0, 0.05) is 32.1 Å². The van der Waals surface area contributed by atoms with Gasteiger partial charge < -0.3 is 21.3 Å². The topological polar surface area (TPSA) is 87.5 Å². The smallest absolute Gasteiger partial charge is 0.251 e. The molecule has 0 aliphatic carbocycles. The molecule has 6 heteroatoms. The first-order valence-corrected chi connectivity index (χ1v) is 6.75. The molecule has 0 bridgehead atoms. The summed E-state index contributed by atoms with van der Waals surface area (Å²) in [6, 6.07) is 5.34. The van der Waals surface area contributed by atoms with Crippen molar-refractivity contribution in [2.75, 3.05) is 36.9 Å². The third kappa shape index (κ3) is 3.27. The first-order chi connectivity index (χ1) is 9.61. The highest BCUT2D eigenvalue weighted by atomic mass is 16.2. The summed E-state index contributed by atoms with van der Waals surface area (Å²) in [7, 11) is 1.93. The Morgan fingerprint density at radius 3 is 3.05 bits per heavy atom. The summed E-state index contributed by atoms with van der Waals surface area (Å²) in [5.74, 6) is -0.182. The molecule has 1 aliphatic rings. The Balaban J connectivity index is 2.17. The number of carbonyl (C=O) groups excluding carboxylic acids is 2. The molecule has 0 saturated heterocycles. The van der Waals surface area contributed by atoms with Crippen LogP contribution in [-0.4, -0.2) is 38.5 Å². The number of anilines is 2. The van der Waals surface area contributed by atoms with E-state index in [1.807, 2.05) is 18.0 Å². The molecule has 0 aromatic heterocycles. The molecule has 2 amide bonds. The lowest BCUT2D eigenvalue weighted by molar-refractivity contribution is -0.115. The number of hydrogen-bond acceptors (Lipinski definition) is 4. The van der Waals surface area contributed by atoms with E-state index in [0.29, 0.717) is 37.3 Å². The van der Waals surface area contributed by atoms with Gasteiger partial charge in [0.15, 0.2) is 0 Å². The maximum absolute atomic E-state index is 12.0. The van der Waals surface area contributed by atoms with E-state index >= 15 is 0 Å². The van der Waals surface area contributed by atoms with Gasteiger partial charge in [-0.05, 0) is 31.2 Å². The van der Waals surface area contributed by atoms with Gasteiger partial charge in [0.05, 0.1) is 11.4 Å². The summed E-state index contributed by atoms with van der Waals surface area (Å²) in [6.07, 6.45) is 1.19. The molecule has 20 heavy (non-hydrogen) atoms. The van der Waals surface area contributed by atoms with Crippen molar-refractivity contribution in [3.8, 4) is 0 Å². The van der Waals surface area contributed by atoms with Crippen LogP contribution in [0.3, 0.4) is 0 Å². The van der Waals surface area contributed by atoms with Crippen molar-refractivity contribution in [3.05, 3.63) is 23.8 Å². The quantitative estimate of drug-likeness (QED) is 0.701. The minimum Gasteiger partial charge on any atom is -0.372 e. The minimum absolute atomic E-state index is 0.0312. The molecule has 2 rings (SSSR count). The lowest BCUT2D eigenvalue weighted by atomic mass is 10.1. The monoisotopic (exact) mass is 276 g/mol. The van der Waals surface area contributed by atoms with Crippen molar-refractivity contribution in [2.45, 2.75) is 12.8 Å². The van der Waals surface area contributed by atoms with Crippen LogP contribution in [0.4, 0.5) is 11.4 Å². The van der Waals surface area contributed by atoms with Crippen LogP contribution in [0.15, 0.2) is 18.2 Å². The zero-order chi connectivity index (χ0) is 14.5. The SMILES string of the molecule is CN1CCC(=O)Nc2cc(C(=O)NCCCN)ccc21. The molecule has 0 saturated carbocycles. The summed E-state index contributed by atoms with van der Waals surface area (Å²) in [5.41, 5.74) is 7.53. The van der Waals surface area contributed by atoms with Gasteiger partial charge in [-0.2, -0.15) is 0 Å². The fourth-order valence-corrected chi connectivity index (χ4v) is 2.12. The van der Waals surface area contributed by atoms with Gasteiger partial charge in [0.25, 0.3) is 5.91 Å². The Morgan fingerprint density at radius 2 is 2.30 bits per heavy atom. The molecule has 108 valence electrons. The van der Waals surface area contributed by atoms with Gasteiger partial charge >= 0.3 is 0 Å². The standard InChI is InChI=1S/C14H20N4O2/c1-18-8-5-13(19)17-11-9-10(3-4-12(11)18)14(20)16-7-2-6-15/h3-4,9H,2,5-8,15H2,1H3,(H,16,20)(H,17,19). The van der Waals surface area contributed by atoms with Crippen LogP contribution in [0.1, 0.15) is 23.2 Å². The average Bonchev–Trinajstić information content (AvgIpc) is 2.58. The van der Waals surface area contributed by atoms with Crippen LogP contribution in [0.25, 0.3) is 0 Å². The molecule has 0 unspecified atom stereocenters. The molecule has 1 aromatic rings. The van der Waals surface area contributed by atoms with E-state index in [0.717, 1.165) is 12.1 Å². The predicted octanol–water partition coefficient (Wildman–Crippen LogP) is 0.544. The number of nitrogens with two attached hydrogens (primary N) is 1. The third-order valence-electron chi connectivity index (χ3n) is 3.28. The van der Waals surface area contributed by atoms with E-state index in [-0.39, 0.29) is 11.8 Å². The predicted molar refractivity (Wildman–Crippen MR) is 79.0 cm³/mol. The van der Waals surface area contributed by atoms with E-state index in [9.17, 15) is 9.59 Å². The Morgan fingerprint density at radius 1 is 1.50 bits per heavy atom. The van der Waals surface area contributed by atoms with Crippen LogP contribution in [0, 0.1) is 0 Å². The Bertz CT molecular complexity index is 516. The average molecular weight is 276 g/mol. The van der Waals surface area contributed by atoms with Crippen LogP contribution in [-0.2, 0) is 4.79 Å². The van der Waals surface area contributed by atoms with E-state index in [1.54, 1.807) is 12.1 Å². The van der Waals surface area contributed by atoms with Gasteiger partial charge in [-0.3, -0.25) is 9.59 Å². The third-order valence-corrected chi connectivity index (χ3v) is 3.28. The normalized spacial score (nSPS) is 14.3. The Kier molecular flexibility index (Phi) is 4.57. The Labute approximate surface area is 118 Å². The van der Waals surface area contributed by atoms with Crippen molar-refractivity contribution in [1.29, 1.82) is 0 Å². The highest BCUT2D eigenvalue weighted by Gasteiger charge is 2.18. The molecule has 0 atom stereocenters. The number of nitrogens with zero attached hydrogens (tertiary/aromatic N) is 1. The molecular weight excluding hydrogens is 256 g/mol. The maximum atomic E-state index is 12.0. The van der Waals surface area contributed by atoms with Crippen molar-refractivity contribution < 1.29 is 9.59 Å². The van der Waals surface area contributed by atoms with E-state index < -0.39 is 0 Å². The maximum Gasteiger partial charge on any atom is 0.251 e. The first-order valence-electron chi connectivity index (χ1n) is 6.75. The largest absolute Gasteiger partial charge is 0.372 e. The van der Waals surface area contributed by atoms with Crippen LogP contribution in [0.2, 0.25) is 0 Å².